The van der Waals surface area contributed by atoms with E-state index in [1.165, 1.54) is 116 Å². The second-order valence-corrected chi connectivity index (χ2v) is 18.4. The predicted molar refractivity (Wildman–Crippen MR) is 235 cm³/mol. The van der Waals surface area contributed by atoms with Crippen molar-refractivity contribution in [2.45, 2.75) is 256 Å². The van der Waals surface area contributed by atoms with Gasteiger partial charge < -0.3 is 39.9 Å². The number of allylic oxidation sites excluding steroid dienone is 2. The Labute approximate surface area is 363 Å². The molecule has 354 valence electrons. The highest BCUT2D eigenvalue weighted by Crippen LogP contribution is 2.47. The number of rotatable bonds is 40. The average Bonchev–Trinajstić information content (AvgIpc) is 3.23. The van der Waals surface area contributed by atoms with Crippen molar-refractivity contribution in [3.05, 3.63) is 12.2 Å². The zero-order valence-corrected chi connectivity index (χ0v) is 38.4. The van der Waals surface area contributed by atoms with E-state index in [9.17, 15) is 44.6 Å². The summed E-state index contributed by atoms with van der Waals surface area (Å²) in [5.41, 5.74) is 0. The predicted octanol–water partition coefficient (Wildman–Crippen LogP) is 9.45. The molecule has 1 fully saturated rings. The zero-order valence-electron chi connectivity index (χ0n) is 37.5. The van der Waals surface area contributed by atoms with Gasteiger partial charge >= 0.3 is 19.8 Å². The van der Waals surface area contributed by atoms with Gasteiger partial charge in [-0.3, -0.25) is 18.6 Å². The van der Waals surface area contributed by atoms with Crippen LogP contribution in [0.15, 0.2) is 12.2 Å². The molecule has 1 aliphatic carbocycles. The number of phosphoric acid groups is 1. The lowest BCUT2D eigenvalue weighted by Gasteiger charge is -2.41. The van der Waals surface area contributed by atoms with Crippen molar-refractivity contribution >= 4 is 19.8 Å². The van der Waals surface area contributed by atoms with Crippen LogP contribution in [0.3, 0.4) is 0 Å². The maximum Gasteiger partial charge on any atom is 0.472 e. The molecule has 6 N–H and O–H groups in total. The molecule has 0 bridgehead atoms. The third-order valence-electron chi connectivity index (χ3n) is 11.4. The first kappa shape index (κ1) is 56.6. The summed E-state index contributed by atoms with van der Waals surface area (Å²) in [6.45, 7) is 3.31. The number of esters is 2. The van der Waals surface area contributed by atoms with Crippen molar-refractivity contribution in [2.24, 2.45) is 0 Å². The van der Waals surface area contributed by atoms with Crippen LogP contribution in [0, 0.1) is 0 Å². The molecule has 0 aromatic rings. The molecular formula is C46H87O13P. The Morgan fingerprint density at radius 3 is 1.27 bits per heavy atom. The number of hydrogen-bond acceptors (Lipinski definition) is 12. The van der Waals surface area contributed by atoms with Crippen LogP contribution in [-0.2, 0) is 32.7 Å². The van der Waals surface area contributed by atoms with Gasteiger partial charge in [-0.2, -0.15) is 0 Å². The summed E-state index contributed by atoms with van der Waals surface area (Å²) in [4.78, 5) is 35.7. The molecule has 0 aromatic carbocycles. The van der Waals surface area contributed by atoms with Gasteiger partial charge in [-0.25, -0.2) is 4.57 Å². The van der Waals surface area contributed by atoms with E-state index >= 15 is 0 Å². The SMILES string of the molecule is CCCCCCCC/C=C/CCCCCCCC(=O)O[C@@H](COC(=O)CCCCCCCCCCCCCCCCCC)COP(=O)(O)OC1C(O)C(O)C(O)[C@H](O)C1O. The molecule has 0 saturated heterocycles. The van der Waals surface area contributed by atoms with Gasteiger partial charge in [0.05, 0.1) is 6.61 Å². The number of carbonyl (C=O) groups is 2. The number of hydrogen-bond donors (Lipinski definition) is 6. The quantitative estimate of drug-likeness (QED) is 0.0147. The highest BCUT2D eigenvalue weighted by atomic mass is 31.2. The summed E-state index contributed by atoms with van der Waals surface area (Å²) in [6, 6.07) is 0. The van der Waals surface area contributed by atoms with Crippen LogP contribution >= 0.6 is 7.82 Å². The summed E-state index contributed by atoms with van der Waals surface area (Å²) >= 11 is 0. The Hall–Kier alpha value is -1.41. The summed E-state index contributed by atoms with van der Waals surface area (Å²) < 4.78 is 33.5. The van der Waals surface area contributed by atoms with Gasteiger partial charge in [-0.05, 0) is 38.5 Å². The molecule has 8 atom stereocenters. The lowest BCUT2D eigenvalue weighted by Crippen LogP contribution is -2.64. The largest absolute Gasteiger partial charge is 0.472 e. The number of carbonyl (C=O) groups excluding carboxylic acids is 2. The first-order valence-electron chi connectivity index (χ1n) is 24.0. The standard InChI is InChI=1S/C46H87O13P/c1-3-5-7-9-11-13-15-17-19-21-22-24-26-28-30-32-34-39(47)56-36-38(37-57-60(54,55)59-46-44(52)42(50)41(49)43(51)45(46)53)58-40(48)35-33-31-29-27-25-23-20-18-16-14-12-10-8-6-4-2/h18,20,38,41-46,49-53H,3-17,19,21-37H2,1-2H3,(H,54,55)/b20-18+/t38-,41?,42-,43?,44?,45?,46?/m0/s1. The van der Waals surface area contributed by atoms with Crippen LogP contribution in [0.4, 0.5) is 0 Å². The van der Waals surface area contributed by atoms with Crippen molar-refractivity contribution < 1.29 is 63.1 Å². The summed E-state index contributed by atoms with van der Waals surface area (Å²) in [6.07, 6.45) is 25.5. The fourth-order valence-electron chi connectivity index (χ4n) is 7.46. The molecule has 0 aliphatic heterocycles. The van der Waals surface area contributed by atoms with Gasteiger partial charge in [0.15, 0.2) is 6.10 Å². The lowest BCUT2D eigenvalue weighted by atomic mass is 9.85. The third kappa shape index (κ3) is 29.0. The molecule has 13 nitrogen and oxygen atoms in total. The maximum atomic E-state index is 12.8. The van der Waals surface area contributed by atoms with Crippen molar-refractivity contribution in [3.63, 3.8) is 0 Å². The number of aliphatic hydroxyl groups excluding tert-OH is 5. The second-order valence-electron chi connectivity index (χ2n) is 17.0. The smallest absolute Gasteiger partial charge is 0.462 e. The van der Waals surface area contributed by atoms with Gasteiger partial charge in [0.1, 0.15) is 43.2 Å². The molecule has 14 heteroatoms. The van der Waals surface area contributed by atoms with E-state index < -0.39 is 75.7 Å². The van der Waals surface area contributed by atoms with Crippen molar-refractivity contribution in [1.82, 2.24) is 0 Å². The Kier molecular flexibility index (Phi) is 34.9. The Bertz CT molecular complexity index is 1110. The summed E-state index contributed by atoms with van der Waals surface area (Å²) in [5.74, 6) is -1.10. The van der Waals surface area contributed by atoms with E-state index in [4.69, 9.17) is 18.5 Å². The minimum absolute atomic E-state index is 0.0909. The van der Waals surface area contributed by atoms with Crippen molar-refractivity contribution in [1.29, 1.82) is 0 Å². The van der Waals surface area contributed by atoms with Gasteiger partial charge in [0.2, 0.25) is 0 Å². The van der Waals surface area contributed by atoms with Crippen LogP contribution in [0.5, 0.6) is 0 Å². The average molecular weight is 879 g/mol. The van der Waals surface area contributed by atoms with Crippen LogP contribution in [0.2, 0.25) is 0 Å². The van der Waals surface area contributed by atoms with Gasteiger partial charge in [-0.15, -0.1) is 0 Å². The van der Waals surface area contributed by atoms with Gasteiger partial charge in [0.25, 0.3) is 0 Å². The molecule has 0 heterocycles. The maximum absolute atomic E-state index is 12.8. The van der Waals surface area contributed by atoms with Gasteiger partial charge in [-0.1, -0.05) is 174 Å². The molecule has 1 rings (SSSR count). The van der Waals surface area contributed by atoms with Crippen molar-refractivity contribution in [3.8, 4) is 0 Å². The monoisotopic (exact) mass is 879 g/mol. The second kappa shape index (κ2) is 37.0. The molecule has 0 amide bonds. The molecule has 1 saturated carbocycles. The number of ether oxygens (including phenoxy) is 2. The first-order chi connectivity index (χ1) is 28.9. The first-order valence-corrected chi connectivity index (χ1v) is 25.5. The molecule has 0 radical (unpaired) electrons. The van der Waals surface area contributed by atoms with Crippen LogP contribution in [-0.4, -0.2) is 98.3 Å². The van der Waals surface area contributed by atoms with Crippen LogP contribution in [0.1, 0.15) is 213 Å². The topological polar surface area (TPSA) is 210 Å². The fraction of sp³-hybridized carbons (Fsp3) is 0.913. The molecule has 6 unspecified atom stereocenters. The normalized spacial score (nSPS) is 22.2. The van der Waals surface area contributed by atoms with E-state index in [2.05, 4.69) is 26.0 Å². The molecule has 1 aliphatic rings. The highest BCUT2D eigenvalue weighted by Gasteiger charge is 2.51. The minimum Gasteiger partial charge on any atom is -0.462 e. The number of unbranched alkanes of at least 4 members (excludes halogenated alkanes) is 26. The Balaban J connectivity index is 2.44. The van der Waals surface area contributed by atoms with E-state index in [0.717, 1.165) is 57.8 Å². The Morgan fingerprint density at radius 2 is 0.850 bits per heavy atom. The molecular weight excluding hydrogens is 791 g/mol. The van der Waals surface area contributed by atoms with Crippen LogP contribution < -0.4 is 0 Å². The van der Waals surface area contributed by atoms with Crippen molar-refractivity contribution in [2.75, 3.05) is 13.2 Å². The highest BCUT2D eigenvalue weighted by molar-refractivity contribution is 7.47. The summed E-state index contributed by atoms with van der Waals surface area (Å²) in [7, 11) is -5.11. The number of phosphoric ester groups is 1. The lowest BCUT2D eigenvalue weighted by molar-refractivity contribution is -0.220. The van der Waals surface area contributed by atoms with Gasteiger partial charge in [0, 0.05) is 12.8 Å². The zero-order chi connectivity index (χ0) is 44.3. The molecule has 60 heavy (non-hydrogen) atoms. The minimum atomic E-state index is -5.11. The fourth-order valence-corrected chi connectivity index (χ4v) is 8.43. The molecule has 0 spiro atoms. The van der Waals surface area contributed by atoms with Crippen LogP contribution in [0.25, 0.3) is 0 Å². The summed E-state index contributed by atoms with van der Waals surface area (Å²) in [5, 5.41) is 50.1. The van der Waals surface area contributed by atoms with E-state index in [1.807, 2.05) is 0 Å². The molecule has 0 aromatic heterocycles. The van der Waals surface area contributed by atoms with E-state index in [-0.39, 0.29) is 12.8 Å². The Morgan fingerprint density at radius 1 is 0.500 bits per heavy atom. The van der Waals surface area contributed by atoms with E-state index in [1.54, 1.807) is 0 Å². The number of aliphatic hydroxyl groups is 5. The van der Waals surface area contributed by atoms with E-state index in [0.29, 0.717) is 12.8 Å². The third-order valence-corrected chi connectivity index (χ3v) is 12.3.